The summed E-state index contributed by atoms with van der Waals surface area (Å²) >= 11 is 0. The fraction of sp³-hybridized carbons (Fsp3) is 0.846. The molecule has 1 aliphatic heterocycles. The van der Waals surface area contributed by atoms with Crippen LogP contribution in [0.15, 0.2) is 12.2 Å². The third-order valence-corrected chi connectivity index (χ3v) is 6.03. The molecule has 0 aliphatic carbocycles. The quantitative estimate of drug-likeness (QED) is 0.0888. The molecule has 168 valence electrons. The minimum absolute atomic E-state index is 0.206. The number of allylic oxidation sites excluding steroid dienone is 2. The van der Waals surface area contributed by atoms with Gasteiger partial charge in [-0.3, -0.25) is 9.59 Å². The van der Waals surface area contributed by atoms with E-state index in [1.54, 1.807) is 0 Å². The van der Waals surface area contributed by atoms with Gasteiger partial charge in [0.25, 0.3) is 0 Å². The molecule has 29 heavy (non-hydrogen) atoms. The van der Waals surface area contributed by atoms with Crippen LogP contribution in [0.4, 0.5) is 0 Å². The Balaban J connectivity index is 1.73. The molecule has 0 N–H and O–H groups in total. The standard InChI is InChI=1S/C26H46O3/c1-2-3-4-5-6-7-8-9-10-11-12-13-14-15-16-17-18-19-20-21-22-24-23-25(27)29-26(24)28/h19-20,24H,2-18,21-23H2,1H3/b20-19+. The molecule has 0 bridgehead atoms. The van der Waals surface area contributed by atoms with Crippen molar-refractivity contribution in [3.8, 4) is 0 Å². The van der Waals surface area contributed by atoms with E-state index in [4.69, 9.17) is 0 Å². The zero-order chi connectivity index (χ0) is 21.0. The van der Waals surface area contributed by atoms with E-state index in [9.17, 15) is 9.59 Å². The molecule has 1 atom stereocenters. The van der Waals surface area contributed by atoms with E-state index in [2.05, 4.69) is 23.8 Å². The minimum Gasteiger partial charge on any atom is -0.393 e. The van der Waals surface area contributed by atoms with Crippen molar-refractivity contribution < 1.29 is 14.3 Å². The Morgan fingerprint density at radius 1 is 0.690 bits per heavy atom. The molecule has 1 fully saturated rings. The molecule has 1 saturated heterocycles. The van der Waals surface area contributed by atoms with Gasteiger partial charge in [-0.1, -0.05) is 115 Å². The van der Waals surface area contributed by atoms with Crippen LogP contribution in [0.3, 0.4) is 0 Å². The highest BCUT2D eigenvalue weighted by Gasteiger charge is 2.32. The first kappa shape index (κ1) is 25.9. The van der Waals surface area contributed by atoms with E-state index in [0.717, 1.165) is 19.3 Å². The largest absolute Gasteiger partial charge is 0.393 e. The predicted octanol–water partition coefficient (Wildman–Crippen LogP) is 8.06. The van der Waals surface area contributed by atoms with E-state index in [1.165, 1.54) is 103 Å². The second kappa shape index (κ2) is 18.9. The summed E-state index contributed by atoms with van der Waals surface area (Å²) in [4.78, 5) is 22.4. The van der Waals surface area contributed by atoms with Gasteiger partial charge in [-0.05, 0) is 25.7 Å². The Hall–Kier alpha value is -1.12. The third kappa shape index (κ3) is 15.4. The van der Waals surface area contributed by atoms with Crippen molar-refractivity contribution in [3.05, 3.63) is 12.2 Å². The zero-order valence-electron chi connectivity index (χ0n) is 19.1. The molecule has 0 amide bonds. The van der Waals surface area contributed by atoms with Crippen LogP contribution in [-0.4, -0.2) is 11.9 Å². The first-order chi connectivity index (χ1) is 14.2. The number of cyclic esters (lactones) is 2. The molecule has 0 spiro atoms. The summed E-state index contributed by atoms with van der Waals surface area (Å²) in [6.45, 7) is 2.28. The van der Waals surface area contributed by atoms with Crippen molar-refractivity contribution in [1.29, 1.82) is 0 Å². The number of ether oxygens (including phenoxy) is 1. The summed E-state index contributed by atoms with van der Waals surface area (Å²) in [6.07, 6.45) is 29.9. The van der Waals surface area contributed by atoms with Crippen LogP contribution < -0.4 is 0 Å². The predicted molar refractivity (Wildman–Crippen MR) is 122 cm³/mol. The topological polar surface area (TPSA) is 43.4 Å². The summed E-state index contributed by atoms with van der Waals surface area (Å²) in [6, 6.07) is 0. The highest BCUT2D eigenvalue weighted by atomic mass is 16.6. The SMILES string of the molecule is CCCCCCCCCCCCCCCCCC/C=C/CCC1CC(=O)OC1=O. The smallest absolute Gasteiger partial charge is 0.317 e. The van der Waals surface area contributed by atoms with Gasteiger partial charge in [0.05, 0.1) is 12.3 Å². The minimum atomic E-state index is -0.364. The van der Waals surface area contributed by atoms with Crippen LogP contribution >= 0.6 is 0 Å². The molecule has 0 aromatic carbocycles. The normalized spacial score (nSPS) is 16.8. The molecule has 1 unspecified atom stereocenters. The van der Waals surface area contributed by atoms with Crippen molar-refractivity contribution in [1.82, 2.24) is 0 Å². The molecular formula is C26H46O3. The molecule has 1 aliphatic rings. The molecule has 0 aromatic rings. The van der Waals surface area contributed by atoms with Gasteiger partial charge in [-0.15, -0.1) is 0 Å². The van der Waals surface area contributed by atoms with Crippen LogP contribution in [0.5, 0.6) is 0 Å². The van der Waals surface area contributed by atoms with Gasteiger partial charge in [0.1, 0.15) is 0 Å². The molecular weight excluding hydrogens is 360 g/mol. The van der Waals surface area contributed by atoms with E-state index in [-0.39, 0.29) is 24.3 Å². The lowest BCUT2D eigenvalue weighted by atomic mass is 10.0. The van der Waals surface area contributed by atoms with Crippen LogP contribution in [0.25, 0.3) is 0 Å². The number of hydrogen-bond acceptors (Lipinski definition) is 3. The van der Waals surface area contributed by atoms with Crippen molar-refractivity contribution in [2.75, 3.05) is 0 Å². The lowest BCUT2D eigenvalue weighted by molar-refractivity contribution is -0.153. The fourth-order valence-corrected chi connectivity index (χ4v) is 4.09. The average Bonchev–Trinajstić information content (AvgIpc) is 3.03. The van der Waals surface area contributed by atoms with E-state index >= 15 is 0 Å². The number of esters is 2. The Morgan fingerprint density at radius 3 is 1.59 bits per heavy atom. The number of carbonyl (C=O) groups excluding carboxylic acids is 2. The molecule has 0 aromatic heterocycles. The average molecular weight is 407 g/mol. The molecule has 3 nitrogen and oxygen atoms in total. The Labute approximate surface area is 180 Å². The van der Waals surface area contributed by atoms with Gasteiger partial charge in [-0.2, -0.15) is 0 Å². The second-order valence-corrected chi connectivity index (χ2v) is 8.83. The maximum Gasteiger partial charge on any atom is 0.317 e. The molecule has 0 radical (unpaired) electrons. The van der Waals surface area contributed by atoms with Gasteiger partial charge >= 0.3 is 11.9 Å². The summed E-state index contributed by atoms with van der Waals surface area (Å²) in [5.41, 5.74) is 0. The molecule has 1 heterocycles. The van der Waals surface area contributed by atoms with Crippen molar-refractivity contribution in [2.24, 2.45) is 5.92 Å². The van der Waals surface area contributed by atoms with E-state index in [0.29, 0.717) is 0 Å². The summed E-state index contributed by atoms with van der Waals surface area (Å²) < 4.78 is 4.57. The Morgan fingerprint density at radius 2 is 1.14 bits per heavy atom. The number of hydrogen-bond donors (Lipinski definition) is 0. The maximum absolute atomic E-state index is 11.3. The van der Waals surface area contributed by atoms with Gasteiger partial charge < -0.3 is 4.74 Å². The summed E-state index contributed by atoms with van der Waals surface area (Å²) in [5.74, 6) is -0.902. The molecule has 0 saturated carbocycles. The second-order valence-electron chi connectivity index (χ2n) is 8.83. The van der Waals surface area contributed by atoms with Gasteiger partial charge in [0.2, 0.25) is 0 Å². The number of rotatable bonds is 20. The van der Waals surface area contributed by atoms with Crippen LogP contribution in [0.2, 0.25) is 0 Å². The van der Waals surface area contributed by atoms with Crippen LogP contribution in [-0.2, 0) is 14.3 Å². The zero-order valence-corrected chi connectivity index (χ0v) is 19.1. The van der Waals surface area contributed by atoms with E-state index in [1.807, 2.05) is 0 Å². The lowest BCUT2D eigenvalue weighted by Gasteiger charge is -2.03. The monoisotopic (exact) mass is 406 g/mol. The fourth-order valence-electron chi connectivity index (χ4n) is 4.09. The van der Waals surface area contributed by atoms with Crippen molar-refractivity contribution >= 4 is 11.9 Å². The van der Waals surface area contributed by atoms with Crippen LogP contribution in [0.1, 0.15) is 135 Å². The van der Waals surface area contributed by atoms with Gasteiger partial charge in [-0.25, -0.2) is 0 Å². The third-order valence-electron chi connectivity index (χ3n) is 6.03. The van der Waals surface area contributed by atoms with Gasteiger partial charge in [0.15, 0.2) is 0 Å². The van der Waals surface area contributed by atoms with Crippen LogP contribution in [0, 0.1) is 5.92 Å². The highest BCUT2D eigenvalue weighted by Crippen LogP contribution is 2.21. The Kier molecular flexibility index (Phi) is 16.9. The first-order valence-electron chi connectivity index (χ1n) is 12.6. The summed E-state index contributed by atoms with van der Waals surface area (Å²) in [5, 5.41) is 0. The highest BCUT2D eigenvalue weighted by molar-refractivity contribution is 5.94. The molecule has 3 heteroatoms. The Bertz CT molecular complexity index is 441. The molecule has 1 rings (SSSR count). The first-order valence-corrected chi connectivity index (χ1v) is 12.6. The van der Waals surface area contributed by atoms with E-state index < -0.39 is 0 Å². The van der Waals surface area contributed by atoms with Crippen molar-refractivity contribution in [2.45, 2.75) is 135 Å². The van der Waals surface area contributed by atoms with Crippen molar-refractivity contribution in [3.63, 3.8) is 0 Å². The lowest BCUT2D eigenvalue weighted by Crippen LogP contribution is -2.06. The van der Waals surface area contributed by atoms with Gasteiger partial charge in [0, 0.05) is 0 Å². The maximum atomic E-state index is 11.3. The number of carbonyl (C=O) groups is 2. The number of unbranched alkanes of at least 4 members (excludes halogenated alkanes) is 16. The summed E-state index contributed by atoms with van der Waals surface area (Å²) in [7, 11) is 0.